The van der Waals surface area contributed by atoms with Gasteiger partial charge in [-0.05, 0) is 24.6 Å². The zero-order chi connectivity index (χ0) is 14.0. The number of alkyl halides is 3. The fourth-order valence-electron chi connectivity index (χ4n) is 1.52. The lowest BCUT2D eigenvalue weighted by Gasteiger charge is -2.24. The van der Waals surface area contributed by atoms with Crippen LogP contribution in [0.4, 0.5) is 17.6 Å². The van der Waals surface area contributed by atoms with Gasteiger partial charge in [-0.1, -0.05) is 6.07 Å². The molecule has 6 heteroatoms. The van der Waals surface area contributed by atoms with Crippen LogP contribution >= 0.6 is 0 Å². The SMILES string of the molecule is COCCC(C)(O)c1ccc(F)c(C(F)(F)F)c1. The fourth-order valence-corrected chi connectivity index (χ4v) is 1.52. The van der Waals surface area contributed by atoms with E-state index in [4.69, 9.17) is 4.74 Å². The van der Waals surface area contributed by atoms with Gasteiger partial charge in [-0.3, -0.25) is 0 Å². The molecule has 2 nitrogen and oxygen atoms in total. The van der Waals surface area contributed by atoms with E-state index in [1.54, 1.807) is 0 Å². The van der Waals surface area contributed by atoms with Crippen LogP contribution < -0.4 is 0 Å². The van der Waals surface area contributed by atoms with Crippen molar-refractivity contribution in [1.29, 1.82) is 0 Å². The zero-order valence-corrected chi connectivity index (χ0v) is 10.0. The standard InChI is InChI=1S/C12H14F4O2/c1-11(17,5-6-18-2)8-3-4-10(13)9(7-8)12(14,15)16/h3-4,7,17H,5-6H2,1-2H3. The highest BCUT2D eigenvalue weighted by Crippen LogP contribution is 2.34. The smallest absolute Gasteiger partial charge is 0.385 e. The summed E-state index contributed by atoms with van der Waals surface area (Å²) in [6.07, 6.45) is -4.66. The molecule has 0 spiro atoms. The third kappa shape index (κ3) is 3.43. The van der Waals surface area contributed by atoms with Crippen molar-refractivity contribution in [2.45, 2.75) is 25.1 Å². The second-order valence-corrected chi connectivity index (χ2v) is 4.21. The fraction of sp³-hybridized carbons (Fsp3) is 0.500. The van der Waals surface area contributed by atoms with E-state index in [1.807, 2.05) is 0 Å². The molecule has 0 bridgehead atoms. The topological polar surface area (TPSA) is 29.5 Å². The molecule has 0 fully saturated rings. The third-order valence-electron chi connectivity index (χ3n) is 2.69. The summed E-state index contributed by atoms with van der Waals surface area (Å²) in [6, 6.07) is 2.48. The van der Waals surface area contributed by atoms with E-state index in [-0.39, 0.29) is 18.6 Å². The van der Waals surface area contributed by atoms with Gasteiger partial charge in [-0.2, -0.15) is 13.2 Å². The molecule has 1 aromatic carbocycles. The Kier molecular flexibility index (Phi) is 4.34. The molecule has 0 saturated carbocycles. The molecular formula is C12H14F4O2. The van der Waals surface area contributed by atoms with Crippen LogP contribution in [0.25, 0.3) is 0 Å². The van der Waals surface area contributed by atoms with Crippen molar-refractivity contribution < 1.29 is 27.4 Å². The van der Waals surface area contributed by atoms with E-state index in [2.05, 4.69) is 0 Å². The molecule has 102 valence electrons. The van der Waals surface area contributed by atoms with Gasteiger partial charge < -0.3 is 9.84 Å². The summed E-state index contributed by atoms with van der Waals surface area (Å²) in [5, 5.41) is 10.0. The molecule has 0 radical (unpaired) electrons. The normalized spacial score (nSPS) is 15.5. The van der Waals surface area contributed by atoms with Crippen molar-refractivity contribution in [2.24, 2.45) is 0 Å². The number of benzene rings is 1. The first-order valence-electron chi connectivity index (χ1n) is 5.27. The Labute approximate surface area is 102 Å². The molecule has 0 aromatic heterocycles. The van der Waals surface area contributed by atoms with Crippen LogP contribution in [0, 0.1) is 5.82 Å². The van der Waals surface area contributed by atoms with Gasteiger partial charge >= 0.3 is 6.18 Å². The van der Waals surface area contributed by atoms with E-state index >= 15 is 0 Å². The summed E-state index contributed by atoms with van der Waals surface area (Å²) in [5.41, 5.74) is -2.87. The average Bonchev–Trinajstić information content (AvgIpc) is 2.25. The molecule has 1 atom stereocenters. The van der Waals surface area contributed by atoms with Gasteiger partial charge in [-0.15, -0.1) is 0 Å². The molecule has 0 amide bonds. The van der Waals surface area contributed by atoms with Gasteiger partial charge in [0.2, 0.25) is 0 Å². The van der Waals surface area contributed by atoms with Crippen LogP contribution in [0.3, 0.4) is 0 Å². The first-order chi connectivity index (χ1) is 8.18. The highest BCUT2D eigenvalue weighted by molar-refractivity contribution is 5.30. The first kappa shape index (κ1) is 14.9. The number of methoxy groups -OCH3 is 1. The molecule has 0 aliphatic rings. The molecule has 0 heterocycles. The molecule has 1 unspecified atom stereocenters. The van der Waals surface area contributed by atoms with Crippen molar-refractivity contribution >= 4 is 0 Å². The number of hydrogen-bond acceptors (Lipinski definition) is 2. The molecule has 1 rings (SSSR count). The number of ether oxygens (including phenoxy) is 1. The Morgan fingerprint density at radius 1 is 1.28 bits per heavy atom. The van der Waals surface area contributed by atoms with E-state index in [1.165, 1.54) is 14.0 Å². The first-order valence-corrected chi connectivity index (χ1v) is 5.27. The maximum Gasteiger partial charge on any atom is 0.419 e. The lowest BCUT2D eigenvalue weighted by Crippen LogP contribution is -2.24. The van der Waals surface area contributed by atoms with Crippen LogP contribution in [0.15, 0.2) is 18.2 Å². The van der Waals surface area contributed by atoms with Gasteiger partial charge in [-0.25, -0.2) is 4.39 Å². The lowest BCUT2D eigenvalue weighted by molar-refractivity contribution is -0.140. The van der Waals surface area contributed by atoms with E-state index < -0.39 is 23.2 Å². The summed E-state index contributed by atoms with van der Waals surface area (Å²) < 4.78 is 55.4. The molecule has 0 aliphatic carbocycles. The minimum absolute atomic E-state index is 0.00766. The maximum absolute atomic E-state index is 13.1. The van der Waals surface area contributed by atoms with Crippen LogP contribution in [0.5, 0.6) is 0 Å². The highest BCUT2D eigenvalue weighted by Gasteiger charge is 2.36. The van der Waals surface area contributed by atoms with Crippen molar-refractivity contribution in [3.63, 3.8) is 0 Å². The number of hydrogen-bond donors (Lipinski definition) is 1. The van der Waals surface area contributed by atoms with Gasteiger partial charge in [0.25, 0.3) is 0 Å². The number of halogens is 4. The predicted octanol–water partition coefficient (Wildman–Crippen LogP) is 3.09. The van der Waals surface area contributed by atoms with Crippen molar-refractivity contribution in [1.82, 2.24) is 0 Å². The van der Waals surface area contributed by atoms with Gasteiger partial charge in [0.1, 0.15) is 5.82 Å². The third-order valence-corrected chi connectivity index (χ3v) is 2.69. The zero-order valence-electron chi connectivity index (χ0n) is 10.0. The Hall–Kier alpha value is -1.14. The Bertz CT molecular complexity index is 413. The van der Waals surface area contributed by atoms with Gasteiger partial charge in [0.05, 0.1) is 11.2 Å². The van der Waals surface area contributed by atoms with Crippen LogP contribution in [0.2, 0.25) is 0 Å². The van der Waals surface area contributed by atoms with Gasteiger partial charge in [0, 0.05) is 20.1 Å². The summed E-state index contributed by atoms with van der Waals surface area (Å²) in [4.78, 5) is 0. The molecule has 1 N–H and O–H groups in total. The molecule has 0 aliphatic heterocycles. The maximum atomic E-state index is 13.1. The Morgan fingerprint density at radius 2 is 1.89 bits per heavy atom. The quantitative estimate of drug-likeness (QED) is 0.849. The van der Waals surface area contributed by atoms with Gasteiger partial charge in [0.15, 0.2) is 0 Å². The summed E-state index contributed by atoms with van der Waals surface area (Å²) >= 11 is 0. The van der Waals surface area contributed by atoms with E-state index in [0.29, 0.717) is 12.1 Å². The van der Waals surface area contributed by atoms with Crippen LogP contribution in [-0.2, 0) is 16.5 Å². The molecule has 0 saturated heterocycles. The Balaban J connectivity index is 3.12. The summed E-state index contributed by atoms with van der Waals surface area (Å²) in [6.45, 7) is 1.55. The minimum Gasteiger partial charge on any atom is -0.385 e. The van der Waals surface area contributed by atoms with Crippen molar-refractivity contribution in [3.8, 4) is 0 Å². The van der Waals surface area contributed by atoms with E-state index in [0.717, 1.165) is 6.07 Å². The second kappa shape index (κ2) is 5.24. The van der Waals surface area contributed by atoms with Crippen LogP contribution in [0.1, 0.15) is 24.5 Å². The summed E-state index contributed by atoms with van der Waals surface area (Å²) in [5.74, 6) is -1.35. The largest absolute Gasteiger partial charge is 0.419 e. The second-order valence-electron chi connectivity index (χ2n) is 4.21. The lowest BCUT2D eigenvalue weighted by atomic mass is 9.91. The monoisotopic (exact) mass is 266 g/mol. The van der Waals surface area contributed by atoms with E-state index in [9.17, 15) is 22.7 Å². The highest BCUT2D eigenvalue weighted by atomic mass is 19.4. The number of rotatable bonds is 4. The molecule has 1 aromatic rings. The Morgan fingerprint density at radius 3 is 2.39 bits per heavy atom. The predicted molar refractivity (Wildman–Crippen MR) is 57.5 cm³/mol. The molecular weight excluding hydrogens is 252 g/mol. The summed E-state index contributed by atoms with van der Waals surface area (Å²) in [7, 11) is 1.42. The number of aliphatic hydroxyl groups is 1. The van der Waals surface area contributed by atoms with Crippen molar-refractivity contribution in [2.75, 3.05) is 13.7 Å². The van der Waals surface area contributed by atoms with Crippen molar-refractivity contribution in [3.05, 3.63) is 35.1 Å². The molecule has 18 heavy (non-hydrogen) atoms. The van der Waals surface area contributed by atoms with Crippen LogP contribution in [-0.4, -0.2) is 18.8 Å². The minimum atomic E-state index is -4.78. The average molecular weight is 266 g/mol.